The molecule has 1 aromatic heterocycles. The summed E-state index contributed by atoms with van der Waals surface area (Å²) in [5.41, 5.74) is 7.60. The normalized spacial score (nSPS) is 12.0. The summed E-state index contributed by atoms with van der Waals surface area (Å²) in [5.74, 6) is 0.111. The number of rotatable bonds is 8. The zero-order valence-corrected chi connectivity index (χ0v) is 16.6. The molecule has 3 aromatic rings. The average molecular weight is 391 g/mol. The van der Waals surface area contributed by atoms with Gasteiger partial charge in [-0.3, -0.25) is 14.6 Å². The fourth-order valence-electron chi connectivity index (χ4n) is 3.07. The molecule has 0 fully saturated rings. The van der Waals surface area contributed by atoms with Crippen molar-refractivity contribution in [2.45, 2.75) is 32.9 Å². The maximum absolute atomic E-state index is 12.4. The second kappa shape index (κ2) is 9.19. The minimum atomic E-state index is -0.677. The van der Waals surface area contributed by atoms with E-state index in [2.05, 4.69) is 10.3 Å². The summed E-state index contributed by atoms with van der Waals surface area (Å²) in [5, 5.41) is 3.72. The van der Waals surface area contributed by atoms with Crippen LogP contribution in [0.25, 0.3) is 10.9 Å². The number of nitrogens with zero attached hydrogens (tertiary/aromatic N) is 1. The lowest BCUT2D eigenvalue weighted by atomic mass is 10.0. The number of carbonyl (C=O) groups excluding carboxylic acids is 2. The van der Waals surface area contributed by atoms with Gasteiger partial charge in [0.15, 0.2) is 0 Å². The van der Waals surface area contributed by atoms with Crippen LogP contribution in [0.2, 0.25) is 0 Å². The van der Waals surface area contributed by atoms with Crippen molar-refractivity contribution >= 4 is 22.7 Å². The fourth-order valence-corrected chi connectivity index (χ4v) is 3.07. The molecular formula is C23H25N3O3. The number of benzene rings is 2. The first-order valence-electron chi connectivity index (χ1n) is 9.59. The van der Waals surface area contributed by atoms with E-state index >= 15 is 0 Å². The molecule has 0 saturated heterocycles. The van der Waals surface area contributed by atoms with Crippen molar-refractivity contribution in [3.63, 3.8) is 0 Å². The quantitative estimate of drug-likeness (QED) is 0.615. The molecule has 2 amide bonds. The zero-order valence-electron chi connectivity index (χ0n) is 16.6. The average Bonchev–Trinajstić information content (AvgIpc) is 2.71. The number of fused-ring (bicyclic) bond motifs is 1. The number of amides is 2. The second-order valence-electron chi connectivity index (χ2n) is 7.37. The Morgan fingerprint density at radius 2 is 1.79 bits per heavy atom. The largest absolute Gasteiger partial charge is 0.487 e. The number of nitrogens with one attached hydrogen (secondary N) is 1. The van der Waals surface area contributed by atoms with Crippen LogP contribution in [0.4, 0.5) is 0 Å². The van der Waals surface area contributed by atoms with Crippen LogP contribution in [0.3, 0.4) is 0 Å². The molecule has 0 aliphatic heterocycles. The molecule has 0 aliphatic carbocycles. The number of aromatic nitrogens is 1. The summed E-state index contributed by atoms with van der Waals surface area (Å²) in [4.78, 5) is 28.4. The second-order valence-corrected chi connectivity index (χ2v) is 7.37. The van der Waals surface area contributed by atoms with E-state index in [9.17, 15) is 9.59 Å². The van der Waals surface area contributed by atoms with Crippen molar-refractivity contribution in [3.8, 4) is 5.75 Å². The fraction of sp³-hybridized carbons (Fsp3) is 0.261. The van der Waals surface area contributed by atoms with E-state index in [4.69, 9.17) is 10.5 Å². The van der Waals surface area contributed by atoms with Gasteiger partial charge in [0, 0.05) is 17.1 Å². The molecule has 6 nitrogen and oxygen atoms in total. The summed E-state index contributed by atoms with van der Waals surface area (Å²) < 4.78 is 5.92. The molecule has 29 heavy (non-hydrogen) atoms. The number of primary amides is 1. The van der Waals surface area contributed by atoms with Crippen molar-refractivity contribution in [1.82, 2.24) is 10.3 Å². The maximum atomic E-state index is 12.4. The van der Waals surface area contributed by atoms with Gasteiger partial charge in [-0.25, -0.2) is 0 Å². The molecule has 1 heterocycles. The third-order valence-electron chi connectivity index (χ3n) is 4.56. The summed E-state index contributed by atoms with van der Waals surface area (Å²) in [7, 11) is 0. The molecule has 3 rings (SSSR count). The van der Waals surface area contributed by atoms with E-state index in [0.717, 1.165) is 16.5 Å². The molecule has 1 atom stereocenters. The molecule has 0 bridgehead atoms. The Balaban J connectivity index is 1.64. The van der Waals surface area contributed by atoms with Crippen molar-refractivity contribution < 1.29 is 14.3 Å². The minimum absolute atomic E-state index is 0.246. The number of hydrogen-bond acceptors (Lipinski definition) is 4. The SMILES string of the molecule is CC(C)CC(NC(=O)c1ccc(COc2cccc3cccnc23)cc1)C(N)=O. The Hall–Kier alpha value is -3.41. The molecule has 3 N–H and O–H groups in total. The Morgan fingerprint density at radius 1 is 1.07 bits per heavy atom. The number of para-hydroxylation sites is 1. The van der Waals surface area contributed by atoms with E-state index in [1.807, 2.05) is 56.3 Å². The highest BCUT2D eigenvalue weighted by atomic mass is 16.5. The van der Waals surface area contributed by atoms with Gasteiger partial charge in [-0.1, -0.05) is 44.2 Å². The monoisotopic (exact) mass is 391 g/mol. The van der Waals surface area contributed by atoms with Gasteiger partial charge in [-0.15, -0.1) is 0 Å². The van der Waals surface area contributed by atoms with E-state index in [-0.39, 0.29) is 11.8 Å². The molecular weight excluding hydrogens is 366 g/mol. The highest BCUT2D eigenvalue weighted by molar-refractivity contribution is 5.97. The van der Waals surface area contributed by atoms with Crippen molar-refractivity contribution in [2.24, 2.45) is 11.7 Å². The van der Waals surface area contributed by atoms with Crippen molar-refractivity contribution in [2.75, 3.05) is 0 Å². The molecule has 0 spiro atoms. The van der Waals surface area contributed by atoms with Crippen LogP contribution in [0.15, 0.2) is 60.8 Å². The molecule has 0 saturated carbocycles. The lowest BCUT2D eigenvalue weighted by Gasteiger charge is -2.17. The summed E-state index contributed by atoms with van der Waals surface area (Å²) in [6.07, 6.45) is 2.24. The molecule has 150 valence electrons. The van der Waals surface area contributed by atoms with Crippen LogP contribution in [0.5, 0.6) is 5.75 Å². The van der Waals surface area contributed by atoms with E-state index in [1.54, 1.807) is 18.3 Å². The van der Waals surface area contributed by atoms with Crippen LogP contribution in [-0.2, 0) is 11.4 Å². The highest BCUT2D eigenvalue weighted by Gasteiger charge is 2.20. The van der Waals surface area contributed by atoms with E-state index in [0.29, 0.717) is 24.3 Å². The minimum Gasteiger partial charge on any atom is -0.487 e. The predicted octanol–water partition coefficient (Wildman–Crippen LogP) is 3.44. The number of pyridine rings is 1. The molecule has 1 unspecified atom stereocenters. The number of carbonyl (C=O) groups is 2. The Labute approximate surface area is 170 Å². The first kappa shape index (κ1) is 20.3. The van der Waals surface area contributed by atoms with Gasteiger partial charge in [-0.05, 0) is 42.2 Å². The Kier molecular flexibility index (Phi) is 6.44. The molecule has 0 aliphatic rings. The standard InChI is InChI=1S/C23H25N3O3/c1-15(2)13-19(22(24)27)26-23(28)18-10-8-16(9-11-18)14-29-20-7-3-5-17-6-4-12-25-21(17)20/h3-12,15,19H,13-14H2,1-2H3,(H2,24,27)(H,26,28). The van der Waals surface area contributed by atoms with Crippen molar-refractivity contribution in [3.05, 3.63) is 71.9 Å². The van der Waals surface area contributed by atoms with Gasteiger partial charge in [0.05, 0.1) is 0 Å². The smallest absolute Gasteiger partial charge is 0.251 e. The van der Waals surface area contributed by atoms with E-state index < -0.39 is 11.9 Å². The van der Waals surface area contributed by atoms with Gasteiger partial charge in [0.1, 0.15) is 23.9 Å². The summed E-state index contributed by atoms with van der Waals surface area (Å²) in [6, 6.07) is 16.1. The van der Waals surface area contributed by atoms with Crippen LogP contribution in [0.1, 0.15) is 36.2 Å². The van der Waals surface area contributed by atoms with Crippen LogP contribution in [0, 0.1) is 5.92 Å². The number of nitrogens with two attached hydrogens (primary N) is 1. The first-order valence-corrected chi connectivity index (χ1v) is 9.59. The first-order chi connectivity index (χ1) is 13.9. The molecule has 6 heteroatoms. The van der Waals surface area contributed by atoms with Gasteiger partial charge in [0.25, 0.3) is 5.91 Å². The Morgan fingerprint density at radius 3 is 2.48 bits per heavy atom. The van der Waals surface area contributed by atoms with Gasteiger partial charge >= 0.3 is 0 Å². The number of hydrogen-bond donors (Lipinski definition) is 2. The van der Waals surface area contributed by atoms with Crippen LogP contribution in [-0.4, -0.2) is 22.8 Å². The van der Waals surface area contributed by atoms with E-state index in [1.165, 1.54) is 0 Å². The Bertz CT molecular complexity index is 994. The number of ether oxygens (including phenoxy) is 1. The molecule has 2 aromatic carbocycles. The van der Waals surface area contributed by atoms with Gasteiger partial charge in [-0.2, -0.15) is 0 Å². The lowest BCUT2D eigenvalue weighted by molar-refractivity contribution is -0.120. The molecule has 0 radical (unpaired) electrons. The third-order valence-corrected chi connectivity index (χ3v) is 4.56. The van der Waals surface area contributed by atoms with Crippen LogP contribution < -0.4 is 15.8 Å². The lowest BCUT2D eigenvalue weighted by Crippen LogP contribution is -2.45. The zero-order chi connectivity index (χ0) is 20.8. The summed E-state index contributed by atoms with van der Waals surface area (Å²) >= 11 is 0. The third kappa shape index (κ3) is 5.31. The van der Waals surface area contributed by atoms with Crippen LogP contribution >= 0.6 is 0 Å². The topological polar surface area (TPSA) is 94.3 Å². The van der Waals surface area contributed by atoms with Gasteiger partial charge in [0.2, 0.25) is 5.91 Å². The highest BCUT2D eigenvalue weighted by Crippen LogP contribution is 2.23. The predicted molar refractivity (Wildman–Crippen MR) is 112 cm³/mol. The van der Waals surface area contributed by atoms with Gasteiger partial charge < -0.3 is 15.8 Å². The summed E-state index contributed by atoms with van der Waals surface area (Å²) in [6.45, 7) is 4.31. The maximum Gasteiger partial charge on any atom is 0.251 e. The van der Waals surface area contributed by atoms with Crippen molar-refractivity contribution in [1.29, 1.82) is 0 Å².